The molecule has 0 radical (unpaired) electrons. The summed E-state index contributed by atoms with van der Waals surface area (Å²) in [6.45, 7) is 7.89. The summed E-state index contributed by atoms with van der Waals surface area (Å²) in [5.74, 6) is -0.210. The molecule has 0 aromatic heterocycles. The third-order valence-corrected chi connectivity index (χ3v) is 3.76. The Morgan fingerprint density at radius 3 is 2.48 bits per heavy atom. The lowest BCUT2D eigenvalue weighted by Gasteiger charge is -2.24. The molecule has 1 aromatic rings. The lowest BCUT2D eigenvalue weighted by molar-refractivity contribution is -0.124. The number of hydrogen-bond acceptors (Lipinski definition) is 3. The Kier molecular flexibility index (Phi) is 5.66. The number of anilines is 2. The van der Waals surface area contributed by atoms with Crippen molar-refractivity contribution in [2.75, 3.05) is 16.8 Å². The summed E-state index contributed by atoms with van der Waals surface area (Å²) >= 11 is 0. The Balaban J connectivity index is 2.01. The van der Waals surface area contributed by atoms with Crippen LogP contribution in [0.25, 0.3) is 0 Å². The van der Waals surface area contributed by atoms with E-state index in [1.165, 1.54) is 0 Å². The van der Waals surface area contributed by atoms with Gasteiger partial charge in [0.15, 0.2) is 0 Å². The van der Waals surface area contributed by atoms with Gasteiger partial charge in [-0.1, -0.05) is 12.1 Å². The number of hydrogen-bond donors (Lipinski definition) is 3. The largest absolute Gasteiger partial charge is 0.350 e. The Morgan fingerprint density at radius 1 is 1.20 bits per heavy atom. The molecular formula is C18H26N4O3. The maximum absolute atomic E-state index is 12.2. The summed E-state index contributed by atoms with van der Waals surface area (Å²) in [6.07, 6.45) is 1.33. The van der Waals surface area contributed by atoms with Crippen molar-refractivity contribution in [3.05, 3.63) is 24.3 Å². The predicted molar refractivity (Wildman–Crippen MR) is 97.5 cm³/mol. The number of amides is 4. The normalized spacial score (nSPS) is 15.7. The van der Waals surface area contributed by atoms with Crippen molar-refractivity contribution in [2.45, 2.75) is 52.1 Å². The molecule has 0 bridgehead atoms. The highest BCUT2D eigenvalue weighted by Gasteiger charge is 2.25. The van der Waals surface area contributed by atoms with E-state index in [0.29, 0.717) is 24.3 Å². The van der Waals surface area contributed by atoms with Crippen molar-refractivity contribution < 1.29 is 14.4 Å². The topological polar surface area (TPSA) is 90.5 Å². The highest BCUT2D eigenvalue weighted by molar-refractivity contribution is 6.02. The minimum absolute atomic E-state index is 0.0487. The molecule has 0 unspecified atom stereocenters. The van der Waals surface area contributed by atoms with Crippen molar-refractivity contribution >= 4 is 29.2 Å². The molecule has 1 saturated heterocycles. The van der Waals surface area contributed by atoms with Gasteiger partial charge in [0.2, 0.25) is 11.8 Å². The number of rotatable bonds is 4. The maximum atomic E-state index is 12.2. The van der Waals surface area contributed by atoms with Gasteiger partial charge in [0, 0.05) is 18.5 Å². The van der Waals surface area contributed by atoms with Crippen LogP contribution in [0.3, 0.4) is 0 Å². The first-order valence-corrected chi connectivity index (χ1v) is 8.46. The quantitative estimate of drug-likeness (QED) is 0.781. The Bertz CT molecular complexity index is 667. The smallest absolute Gasteiger partial charge is 0.319 e. The van der Waals surface area contributed by atoms with E-state index in [9.17, 15) is 14.4 Å². The first kappa shape index (κ1) is 18.8. The Morgan fingerprint density at radius 2 is 1.88 bits per heavy atom. The molecule has 4 amide bonds. The van der Waals surface area contributed by atoms with Crippen LogP contribution >= 0.6 is 0 Å². The van der Waals surface area contributed by atoms with Crippen LogP contribution in [0.15, 0.2) is 24.3 Å². The minimum atomic E-state index is -0.681. The van der Waals surface area contributed by atoms with Gasteiger partial charge >= 0.3 is 6.03 Å². The van der Waals surface area contributed by atoms with E-state index >= 15 is 0 Å². The summed E-state index contributed by atoms with van der Waals surface area (Å²) < 4.78 is 0. The molecule has 25 heavy (non-hydrogen) atoms. The van der Waals surface area contributed by atoms with Gasteiger partial charge in [-0.05, 0) is 46.2 Å². The van der Waals surface area contributed by atoms with E-state index in [1.54, 1.807) is 30.0 Å². The molecule has 1 aromatic carbocycles. The third kappa shape index (κ3) is 5.20. The number of para-hydroxylation sites is 2. The first-order chi connectivity index (χ1) is 11.7. The molecule has 0 aliphatic carbocycles. The van der Waals surface area contributed by atoms with E-state index in [1.807, 2.05) is 26.8 Å². The van der Waals surface area contributed by atoms with Gasteiger partial charge in [-0.25, -0.2) is 4.79 Å². The molecule has 1 aliphatic heterocycles. The van der Waals surface area contributed by atoms with E-state index in [0.717, 1.165) is 6.42 Å². The van der Waals surface area contributed by atoms with Gasteiger partial charge in [0.05, 0.1) is 11.4 Å². The number of urea groups is 1. The van der Waals surface area contributed by atoms with E-state index in [-0.39, 0.29) is 17.4 Å². The highest BCUT2D eigenvalue weighted by atomic mass is 16.2. The zero-order valence-electron chi connectivity index (χ0n) is 15.2. The molecule has 7 heteroatoms. The standard InChI is InChI=1S/C18H26N4O3/c1-12(16(24)21-18(2,3)4)19-17(25)20-13-8-5-6-9-14(13)22-11-7-10-15(22)23/h5-6,8-9,12H,7,10-11H2,1-4H3,(H,21,24)(H2,19,20,25)/t12-/m1/s1. The second-order valence-electron chi connectivity index (χ2n) is 7.23. The molecule has 0 spiro atoms. The Hall–Kier alpha value is -2.57. The van der Waals surface area contributed by atoms with Crippen molar-refractivity contribution in [1.82, 2.24) is 10.6 Å². The maximum Gasteiger partial charge on any atom is 0.319 e. The summed E-state index contributed by atoms with van der Waals surface area (Å²) in [5.41, 5.74) is 0.845. The van der Waals surface area contributed by atoms with Crippen LogP contribution < -0.4 is 20.9 Å². The summed E-state index contributed by atoms with van der Waals surface area (Å²) in [7, 11) is 0. The predicted octanol–water partition coefficient (Wildman–Crippen LogP) is 2.24. The minimum Gasteiger partial charge on any atom is -0.350 e. The van der Waals surface area contributed by atoms with Gasteiger partial charge in [-0.2, -0.15) is 0 Å². The average molecular weight is 346 g/mol. The van der Waals surface area contributed by atoms with Gasteiger partial charge in [0.25, 0.3) is 0 Å². The van der Waals surface area contributed by atoms with E-state index in [4.69, 9.17) is 0 Å². The van der Waals surface area contributed by atoms with Crippen molar-refractivity contribution in [1.29, 1.82) is 0 Å². The fourth-order valence-electron chi connectivity index (χ4n) is 2.62. The summed E-state index contributed by atoms with van der Waals surface area (Å²) in [6, 6.07) is 5.98. The fraction of sp³-hybridized carbons (Fsp3) is 0.500. The number of nitrogens with one attached hydrogen (secondary N) is 3. The second kappa shape index (κ2) is 7.55. The number of nitrogens with zero attached hydrogens (tertiary/aromatic N) is 1. The third-order valence-electron chi connectivity index (χ3n) is 3.76. The zero-order valence-corrected chi connectivity index (χ0v) is 15.2. The zero-order chi connectivity index (χ0) is 18.6. The highest BCUT2D eigenvalue weighted by Crippen LogP contribution is 2.29. The number of benzene rings is 1. The van der Waals surface area contributed by atoms with Gasteiger partial charge < -0.3 is 20.9 Å². The molecule has 136 valence electrons. The SMILES string of the molecule is C[C@@H](NC(=O)Nc1ccccc1N1CCCC1=O)C(=O)NC(C)(C)C. The lowest BCUT2D eigenvalue weighted by atomic mass is 10.1. The van der Waals surface area contributed by atoms with Crippen molar-refractivity contribution in [3.8, 4) is 0 Å². The van der Waals surface area contributed by atoms with Crippen molar-refractivity contribution in [3.63, 3.8) is 0 Å². The van der Waals surface area contributed by atoms with Crippen LogP contribution in [-0.4, -0.2) is 36.0 Å². The fourth-order valence-corrected chi connectivity index (χ4v) is 2.62. The molecule has 1 aliphatic rings. The van der Waals surface area contributed by atoms with Crippen LogP contribution in [0.5, 0.6) is 0 Å². The van der Waals surface area contributed by atoms with Gasteiger partial charge in [0.1, 0.15) is 6.04 Å². The first-order valence-electron chi connectivity index (χ1n) is 8.46. The molecule has 0 saturated carbocycles. The van der Waals surface area contributed by atoms with Gasteiger partial charge in [-0.3, -0.25) is 9.59 Å². The molecule has 3 N–H and O–H groups in total. The average Bonchev–Trinajstić information content (AvgIpc) is 2.92. The molecule has 7 nitrogen and oxygen atoms in total. The molecule has 1 heterocycles. The van der Waals surface area contributed by atoms with Crippen molar-refractivity contribution in [2.24, 2.45) is 0 Å². The van der Waals surface area contributed by atoms with E-state index < -0.39 is 12.1 Å². The number of carbonyl (C=O) groups excluding carboxylic acids is 3. The number of carbonyl (C=O) groups is 3. The molecule has 1 atom stereocenters. The molecular weight excluding hydrogens is 320 g/mol. The van der Waals surface area contributed by atoms with Crippen LogP contribution in [0.1, 0.15) is 40.5 Å². The van der Waals surface area contributed by atoms with Crippen LogP contribution in [0.4, 0.5) is 16.2 Å². The lowest BCUT2D eigenvalue weighted by Crippen LogP contribution is -2.51. The Labute approximate surface area is 148 Å². The van der Waals surface area contributed by atoms with Crippen LogP contribution in [0.2, 0.25) is 0 Å². The van der Waals surface area contributed by atoms with E-state index in [2.05, 4.69) is 16.0 Å². The van der Waals surface area contributed by atoms with Gasteiger partial charge in [-0.15, -0.1) is 0 Å². The van der Waals surface area contributed by atoms with Crippen LogP contribution in [0, 0.1) is 0 Å². The summed E-state index contributed by atoms with van der Waals surface area (Å²) in [4.78, 5) is 37.9. The molecule has 2 rings (SSSR count). The summed E-state index contributed by atoms with van der Waals surface area (Å²) in [5, 5.41) is 8.16. The molecule has 1 fully saturated rings. The van der Waals surface area contributed by atoms with Crippen LogP contribution in [-0.2, 0) is 9.59 Å². The monoisotopic (exact) mass is 346 g/mol. The second-order valence-corrected chi connectivity index (χ2v) is 7.23.